The highest BCUT2D eigenvalue weighted by atomic mass is 35.5. The molecule has 2 aliphatic heterocycles. The molecule has 4 atom stereocenters. The molecule has 1 saturated heterocycles. The van der Waals surface area contributed by atoms with E-state index in [2.05, 4.69) is 15.3 Å². The molecule has 1 fully saturated rings. The van der Waals surface area contributed by atoms with Crippen molar-refractivity contribution in [2.24, 2.45) is 11.8 Å². The van der Waals surface area contributed by atoms with Crippen molar-refractivity contribution >= 4 is 23.4 Å². The van der Waals surface area contributed by atoms with Crippen LogP contribution in [0, 0.1) is 11.8 Å². The topological polar surface area (TPSA) is 117 Å². The average Bonchev–Trinajstić information content (AvgIpc) is 3.39. The number of aliphatic hydroxyl groups excluding tert-OH is 1. The van der Waals surface area contributed by atoms with Gasteiger partial charge in [0.2, 0.25) is 11.8 Å². The summed E-state index contributed by atoms with van der Waals surface area (Å²) in [6, 6.07) is 9.35. The van der Waals surface area contributed by atoms with Crippen LogP contribution in [0.3, 0.4) is 0 Å². The highest BCUT2D eigenvalue weighted by molar-refractivity contribution is 6.31. The first kappa shape index (κ1) is 23.2. The third-order valence-corrected chi connectivity index (χ3v) is 7.36. The number of pyridine rings is 1. The van der Waals surface area contributed by atoms with E-state index in [0.717, 1.165) is 5.56 Å². The van der Waals surface area contributed by atoms with Crippen LogP contribution in [0.4, 0.5) is 0 Å². The molecule has 0 radical (unpaired) electrons. The van der Waals surface area contributed by atoms with Crippen LogP contribution in [-0.2, 0) is 22.7 Å². The largest absolute Gasteiger partial charge is 0.396 e. The molecule has 0 spiro atoms. The van der Waals surface area contributed by atoms with Gasteiger partial charge in [-0.3, -0.25) is 14.4 Å². The van der Waals surface area contributed by atoms with Crippen LogP contribution >= 0.6 is 11.6 Å². The Morgan fingerprint density at radius 3 is 2.60 bits per heavy atom. The summed E-state index contributed by atoms with van der Waals surface area (Å²) < 4.78 is 1.63. The van der Waals surface area contributed by atoms with E-state index < -0.39 is 18.0 Å². The number of carbonyl (C=O) groups is 2. The van der Waals surface area contributed by atoms with E-state index >= 15 is 0 Å². The number of likely N-dealkylation sites (tertiary alicyclic amines) is 1. The predicted octanol–water partition coefficient (Wildman–Crippen LogP) is 1.79. The third kappa shape index (κ3) is 3.90. The van der Waals surface area contributed by atoms with Crippen LogP contribution in [0.2, 0.25) is 5.02 Å². The molecule has 2 N–H and O–H groups in total. The molecule has 0 unspecified atom stereocenters. The number of amides is 2. The average molecular weight is 494 g/mol. The first-order chi connectivity index (χ1) is 16.9. The van der Waals surface area contributed by atoms with Crippen LogP contribution < -0.4 is 10.9 Å². The second kappa shape index (κ2) is 9.24. The molecule has 2 amide bonds. The monoisotopic (exact) mass is 493 g/mol. The quantitative estimate of drug-likeness (QED) is 0.559. The van der Waals surface area contributed by atoms with Crippen molar-refractivity contribution in [2.45, 2.75) is 32.1 Å². The second-order valence-corrected chi connectivity index (χ2v) is 9.26. The van der Waals surface area contributed by atoms with Gasteiger partial charge < -0.3 is 19.9 Å². The summed E-state index contributed by atoms with van der Waals surface area (Å²) in [6.07, 6.45) is 4.54. The van der Waals surface area contributed by atoms with Gasteiger partial charge in [-0.05, 0) is 23.8 Å². The number of fused-ring (bicyclic) bond motifs is 3. The molecule has 10 heteroatoms. The van der Waals surface area contributed by atoms with Gasteiger partial charge in [-0.25, -0.2) is 9.97 Å². The van der Waals surface area contributed by atoms with Crippen LogP contribution in [0.25, 0.3) is 11.1 Å². The Kier molecular flexibility index (Phi) is 6.12. The summed E-state index contributed by atoms with van der Waals surface area (Å²) in [5, 5.41) is 13.7. The third-order valence-electron chi connectivity index (χ3n) is 6.99. The Morgan fingerprint density at radius 1 is 1.17 bits per heavy atom. The standard InChI is InChI=1S/C25H24ClN5O4/c1-14(33)31-22-18(11-30-21(22)7-6-17(25(30)35)16-8-27-13-28-9-16)19(12-32)23(31)24(34)29-10-15-4-2-3-5-20(15)26/h2-9,13,18-19,22-23,32H,10-12H2,1H3,(H,29,34)/t18-,19-,22+,23-/m0/s1. The smallest absolute Gasteiger partial charge is 0.258 e. The molecule has 9 nitrogen and oxygen atoms in total. The molecule has 1 aromatic carbocycles. The highest BCUT2D eigenvalue weighted by Gasteiger charge is 2.56. The number of nitrogens with one attached hydrogen (secondary N) is 1. The highest BCUT2D eigenvalue weighted by Crippen LogP contribution is 2.49. The van der Waals surface area contributed by atoms with Crippen molar-refractivity contribution in [3.8, 4) is 11.1 Å². The van der Waals surface area contributed by atoms with E-state index in [1.54, 1.807) is 35.2 Å². The van der Waals surface area contributed by atoms with E-state index in [4.69, 9.17) is 11.6 Å². The number of hydrogen-bond acceptors (Lipinski definition) is 6. The number of benzene rings is 1. The molecule has 0 bridgehead atoms. The fourth-order valence-electron chi connectivity index (χ4n) is 5.44. The predicted molar refractivity (Wildman–Crippen MR) is 128 cm³/mol. The van der Waals surface area contributed by atoms with Crippen molar-refractivity contribution in [1.29, 1.82) is 0 Å². The molecule has 0 aliphatic carbocycles. The van der Waals surface area contributed by atoms with Crippen LogP contribution in [-0.4, -0.2) is 49.0 Å². The molecule has 2 aromatic heterocycles. The number of aliphatic hydroxyl groups is 1. The number of halogens is 1. The summed E-state index contributed by atoms with van der Waals surface area (Å²) >= 11 is 6.21. The maximum atomic E-state index is 13.3. The summed E-state index contributed by atoms with van der Waals surface area (Å²) in [4.78, 5) is 48.9. The summed E-state index contributed by atoms with van der Waals surface area (Å²) in [6.45, 7) is 1.61. The maximum Gasteiger partial charge on any atom is 0.258 e. The Labute approximate surface area is 206 Å². The second-order valence-electron chi connectivity index (χ2n) is 8.85. The number of carbonyl (C=O) groups excluding carboxylic acids is 2. The van der Waals surface area contributed by atoms with Crippen molar-refractivity contribution in [2.75, 3.05) is 6.61 Å². The lowest BCUT2D eigenvalue weighted by Gasteiger charge is -2.30. The maximum absolute atomic E-state index is 13.3. The van der Waals surface area contributed by atoms with Crippen LogP contribution in [0.1, 0.15) is 24.2 Å². The molecule has 35 heavy (non-hydrogen) atoms. The van der Waals surface area contributed by atoms with Crippen molar-refractivity contribution in [1.82, 2.24) is 24.8 Å². The van der Waals surface area contributed by atoms with Crippen molar-refractivity contribution in [3.63, 3.8) is 0 Å². The lowest BCUT2D eigenvalue weighted by Crippen LogP contribution is -2.49. The minimum absolute atomic E-state index is 0.201. The van der Waals surface area contributed by atoms with E-state index in [1.165, 1.54) is 18.2 Å². The number of hydrogen-bond donors (Lipinski definition) is 2. The zero-order chi connectivity index (χ0) is 24.7. The number of nitrogens with zero attached hydrogens (tertiary/aromatic N) is 4. The Hall–Kier alpha value is -3.56. The lowest BCUT2D eigenvalue weighted by atomic mass is 9.88. The zero-order valence-corrected chi connectivity index (χ0v) is 19.7. The first-order valence-corrected chi connectivity index (χ1v) is 11.7. The fourth-order valence-corrected chi connectivity index (χ4v) is 5.64. The van der Waals surface area contributed by atoms with Gasteiger partial charge >= 0.3 is 0 Å². The van der Waals surface area contributed by atoms with Crippen LogP contribution in [0.5, 0.6) is 0 Å². The molecule has 180 valence electrons. The van der Waals surface area contributed by atoms with Gasteiger partial charge in [0.15, 0.2) is 0 Å². The van der Waals surface area contributed by atoms with Gasteiger partial charge in [-0.2, -0.15) is 0 Å². The van der Waals surface area contributed by atoms with Gasteiger partial charge in [0.1, 0.15) is 12.4 Å². The normalized spacial score (nSPS) is 22.5. The van der Waals surface area contributed by atoms with Crippen LogP contribution in [0.15, 0.2) is 59.9 Å². The Morgan fingerprint density at radius 2 is 1.91 bits per heavy atom. The SMILES string of the molecule is CC(=O)N1[C@H](C(=O)NCc2ccccc2Cl)[C@@H](CO)[C@@H]2Cn3c(ccc(-c4cncnc4)c3=O)[C@@H]21. The Bertz CT molecular complexity index is 1350. The van der Waals surface area contributed by atoms with Gasteiger partial charge in [0, 0.05) is 67.1 Å². The van der Waals surface area contributed by atoms with E-state index in [9.17, 15) is 19.5 Å². The molecule has 2 aliphatic rings. The van der Waals surface area contributed by atoms with E-state index in [-0.39, 0.29) is 36.4 Å². The molecule has 0 saturated carbocycles. The fraction of sp³-hybridized carbons (Fsp3) is 0.320. The molecule has 4 heterocycles. The zero-order valence-electron chi connectivity index (χ0n) is 19.0. The van der Waals surface area contributed by atoms with Gasteiger partial charge in [-0.15, -0.1) is 0 Å². The van der Waals surface area contributed by atoms with Gasteiger partial charge in [-0.1, -0.05) is 29.8 Å². The van der Waals surface area contributed by atoms with Crippen molar-refractivity contribution in [3.05, 3.63) is 81.8 Å². The summed E-state index contributed by atoms with van der Waals surface area (Å²) in [7, 11) is 0. The van der Waals surface area contributed by atoms with Crippen molar-refractivity contribution < 1.29 is 14.7 Å². The lowest BCUT2D eigenvalue weighted by molar-refractivity contribution is -0.140. The molecular weight excluding hydrogens is 470 g/mol. The summed E-state index contributed by atoms with van der Waals surface area (Å²) in [5.74, 6) is -1.47. The summed E-state index contributed by atoms with van der Waals surface area (Å²) in [5.41, 5.74) is 2.24. The number of rotatable bonds is 5. The number of aromatic nitrogens is 3. The molecule has 3 aromatic rings. The van der Waals surface area contributed by atoms with E-state index in [1.807, 2.05) is 18.2 Å². The Balaban J connectivity index is 1.48. The van der Waals surface area contributed by atoms with Gasteiger partial charge in [0.05, 0.1) is 11.6 Å². The van der Waals surface area contributed by atoms with Gasteiger partial charge in [0.25, 0.3) is 5.56 Å². The molecular formula is C25H24ClN5O4. The first-order valence-electron chi connectivity index (χ1n) is 11.3. The molecule has 5 rings (SSSR count). The van der Waals surface area contributed by atoms with E-state index in [0.29, 0.717) is 28.4 Å². The minimum atomic E-state index is -0.860. The minimum Gasteiger partial charge on any atom is -0.396 e.